The maximum Gasteiger partial charge on any atom is 0.216 e. The number of benzene rings is 1. The lowest BCUT2D eigenvalue weighted by atomic mass is 10.2. The number of ether oxygens (including phenoxy) is 2. The normalized spacial score (nSPS) is 25.1. The first-order valence-electron chi connectivity index (χ1n) is 5.39. The first-order valence-corrected chi connectivity index (χ1v) is 6.53. The largest absolute Gasteiger partial charge is 0.371 e. The zero-order valence-electron chi connectivity index (χ0n) is 9.11. The molecular formula is C12H13Cl3O2. The number of alkyl halides is 3. The van der Waals surface area contributed by atoms with Gasteiger partial charge in [0, 0.05) is 6.42 Å². The molecule has 1 heterocycles. The van der Waals surface area contributed by atoms with E-state index < -0.39 is 3.79 Å². The lowest BCUT2D eigenvalue weighted by Gasteiger charge is -2.18. The van der Waals surface area contributed by atoms with Crippen LogP contribution in [0, 0.1) is 0 Å². The van der Waals surface area contributed by atoms with Crippen molar-refractivity contribution in [2.45, 2.75) is 29.0 Å². The molecule has 1 saturated heterocycles. The van der Waals surface area contributed by atoms with Crippen LogP contribution in [0.4, 0.5) is 0 Å². The van der Waals surface area contributed by atoms with E-state index in [1.54, 1.807) is 0 Å². The highest BCUT2D eigenvalue weighted by Gasteiger charge is 2.40. The minimum Gasteiger partial charge on any atom is -0.371 e. The van der Waals surface area contributed by atoms with Crippen molar-refractivity contribution in [2.75, 3.05) is 6.61 Å². The van der Waals surface area contributed by atoms with Gasteiger partial charge >= 0.3 is 0 Å². The minimum absolute atomic E-state index is 0.00386. The van der Waals surface area contributed by atoms with Gasteiger partial charge < -0.3 is 9.47 Å². The summed E-state index contributed by atoms with van der Waals surface area (Å²) in [5.41, 5.74) is 1.13. The molecule has 0 saturated carbocycles. The molecular weight excluding hydrogens is 282 g/mol. The third-order valence-corrected chi connectivity index (χ3v) is 3.38. The van der Waals surface area contributed by atoms with E-state index >= 15 is 0 Å². The van der Waals surface area contributed by atoms with Crippen LogP contribution in [-0.4, -0.2) is 22.6 Å². The van der Waals surface area contributed by atoms with Crippen LogP contribution >= 0.6 is 34.8 Å². The molecule has 1 aromatic rings. The van der Waals surface area contributed by atoms with E-state index in [-0.39, 0.29) is 12.2 Å². The highest BCUT2D eigenvalue weighted by molar-refractivity contribution is 6.68. The molecule has 0 N–H and O–H groups in total. The van der Waals surface area contributed by atoms with Crippen LogP contribution in [0.15, 0.2) is 30.3 Å². The fraction of sp³-hybridized carbons (Fsp3) is 0.500. The van der Waals surface area contributed by atoms with Crippen LogP contribution in [-0.2, 0) is 16.1 Å². The van der Waals surface area contributed by atoms with Gasteiger partial charge in [0.15, 0.2) is 0 Å². The second-order valence-corrected chi connectivity index (χ2v) is 6.39. The van der Waals surface area contributed by atoms with Crippen molar-refractivity contribution in [1.29, 1.82) is 0 Å². The molecule has 1 aliphatic heterocycles. The SMILES string of the molecule is ClC(Cl)(Cl)C1CC(OCc2ccccc2)CO1. The smallest absolute Gasteiger partial charge is 0.216 e. The molecule has 0 radical (unpaired) electrons. The summed E-state index contributed by atoms with van der Waals surface area (Å²) in [7, 11) is 0. The molecule has 17 heavy (non-hydrogen) atoms. The van der Waals surface area contributed by atoms with Crippen molar-refractivity contribution in [3.8, 4) is 0 Å². The maximum absolute atomic E-state index is 5.77. The third kappa shape index (κ3) is 4.01. The Kier molecular flexibility index (Phi) is 4.56. The molecule has 0 aromatic heterocycles. The Morgan fingerprint density at radius 1 is 1.24 bits per heavy atom. The summed E-state index contributed by atoms with van der Waals surface area (Å²) in [6, 6.07) is 9.97. The van der Waals surface area contributed by atoms with Crippen LogP contribution < -0.4 is 0 Å². The first-order chi connectivity index (χ1) is 8.05. The van der Waals surface area contributed by atoms with E-state index in [4.69, 9.17) is 44.3 Å². The Balaban J connectivity index is 1.79. The Bertz CT molecular complexity index is 351. The molecule has 0 spiro atoms. The summed E-state index contributed by atoms with van der Waals surface area (Å²) < 4.78 is 9.74. The fourth-order valence-corrected chi connectivity index (χ4v) is 2.19. The highest BCUT2D eigenvalue weighted by Crippen LogP contribution is 2.38. The van der Waals surface area contributed by atoms with Crippen LogP contribution in [0.1, 0.15) is 12.0 Å². The van der Waals surface area contributed by atoms with E-state index in [1.807, 2.05) is 30.3 Å². The molecule has 1 aromatic carbocycles. The zero-order chi connectivity index (χ0) is 12.3. The quantitative estimate of drug-likeness (QED) is 0.791. The third-order valence-electron chi connectivity index (χ3n) is 2.65. The molecule has 94 valence electrons. The van der Waals surface area contributed by atoms with Gasteiger partial charge in [0.2, 0.25) is 3.79 Å². The summed E-state index contributed by atoms with van der Waals surface area (Å²) in [5, 5.41) is 0. The average Bonchev–Trinajstić information content (AvgIpc) is 2.76. The van der Waals surface area contributed by atoms with Gasteiger partial charge in [-0.1, -0.05) is 65.1 Å². The van der Waals surface area contributed by atoms with Crippen molar-refractivity contribution in [3.63, 3.8) is 0 Å². The predicted molar refractivity (Wildman–Crippen MR) is 69.7 cm³/mol. The van der Waals surface area contributed by atoms with Crippen LogP contribution in [0.25, 0.3) is 0 Å². The number of halogens is 3. The molecule has 5 heteroatoms. The topological polar surface area (TPSA) is 18.5 Å². The average molecular weight is 296 g/mol. The van der Waals surface area contributed by atoms with E-state index in [1.165, 1.54) is 0 Å². The van der Waals surface area contributed by atoms with E-state index in [0.717, 1.165) is 5.56 Å². The minimum atomic E-state index is -1.37. The fourth-order valence-electron chi connectivity index (χ4n) is 1.73. The van der Waals surface area contributed by atoms with Crippen molar-refractivity contribution in [2.24, 2.45) is 0 Å². The Morgan fingerprint density at radius 2 is 1.94 bits per heavy atom. The summed E-state index contributed by atoms with van der Waals surface area (Å²) in [4.78, 5) is 0. The maximum atomic E-state index is 5.77. The second-order valence-electron chi connectivity index (χ2n) is 4.02. The first kappa shape index (κ1) is 13.4. The van der Waals surface area contributed by atoms with Gasteiger partial charge in [-0.3, -0.25) is 0 Å². The van der Waals surface area contributed by atoms with Gasteiger partial charge in [-0.25, -0.2) is 0 Å². The van der Waals surface area contributed by atoms with Gasteiger partial charge in [0.05, 0.1) is 19.3 Å². The molecule has 1 fully saturated rings. The van der Waals surface area contributed by atoms with E-state index in [2.05, 4.69) is 0 Å². The molecule has 1 aliphatic rings. The molecule has 2 nitrogen and oxygen atoms in total. The van der Waals surface area contributed by atoms with Crippen molar-refractivity contribution < 1.29 is 9.47 Å². The summed E-state index contributed by atoms with van der Waals surface area (Å²) in [6.45, 7) is 1.03. The Labute approximate surface area is 116 Å². The lowest BCUT2D eigenvalue weighted by molar-refractivity contribution is 0.0278. The van der Waals surface area contributed by atoms with Crippen LogP contribution in [0.2, 0.25) is 0 Å². The van der Waals surface area contributed by atoms with Crippen LogP contribution in [0.3, 0.4) is 0 Å². The van der Waals surface area contributed by atoms with E-state index in [0.29, 0.717) is 19.6 Å². The van der Waals surface area contributed by atoms with E-state index in [9.17, 15) is 0 Å². The Hall–Kier alpha value is 0.01000. The molecule has 2 atom stereocenters. The zero-order valence-corrected chi connectivity index (χ0v) is 11.4. The lowest BCUT2D eigenvalue weighted by Crippen LogP contribution is -2.24. The molecule has 2 rings (SSSR count). The van der Waals surface area contributed by atoms with Crippen molar-refractivity contribution in [3.05, 3.63) is 35.9 Å². The second kappa shape index (κ2) is 5.77. The monoisotopic (exact) mass is 294 g/mol. The highest BCUT2D eigenvalue weighted by atomic mass is 35.6. The van der Waals surface area contributed by atoms with Crippen molar-refractivity contribution in [1.82, 2.24) is 0 Å². The van der Waals surface area contributed by atoms with Gasteiger partial charge in [-0.15, -0.1) is 0 Å². The van der Waals surface area contributed by atoms with Gasteiger partial charge in [-0.05, 0) is 5.56 Å². The molecule has 2 unspecified atom stereocenters. The van der Waals surface area contributed by atoms with Crippen LogP contribution in [0.5, 0.6) is 0 Å². The van der Waals surface area contributed by atoms with Gasteiger partial charge in [-0.2, -0.15) is 0 Å². The standard InChI is InChI=1S/C12H13Cl3O2/c13-12(14,15)11-6-10(8-17-11)16-7-9-4-2-1-3-5-9/h1-5,10-11H,6-8H2. The van der Waals surface area contributed by atoms with Crippen molar-refractivity contribution >= 4 is 34.8 Å². The predicted octanol–water partition coefficient (Wildman–Crippen LogP) is 3.73. The summed E-state index contributed by atoms with van der Waals surface area (Å²) in [5.74, 6) is 0. The molecule has 0 amide bonds. The van der Waals surface area contributed by atoms with Gasteiger partial charge in [0.25, 0.3) is 0 Å². The Morgan fingerprint density at radius 3 is 2.53 bits per heavy atom. The summed E-state index contributed by atoms with van der Waals surface area (Å²) >= 11 is 17.3. The molecule has 0 bridgehead atoms. The molecule has 0 aliphatic carbocycles. The van der Waals surface area contributed by atoms with Gasteiger partial charge in [0.1, 0.15) is 6.10 Å². The number of hydrogen-bond donors (Lipinski definition) is 0. The number of hydrogen-bond acceptors (Lipinski definition) is 2. The number of rotatable bonds is 3. The summed E-state index contributed by atoms with van der Waals surface area (Å²) in [6.07, 6.45) is 0.229.